The van der Waals surface area contributed by atoms with Gasteiger partial charge in [-0.05, 0) is 66.7 Å². The van der Waals surface area contributed by atoms with Crippen molar-refractivity contribution in [3.05, 3.63) is 107 Å². The summed E-state index contributed by atoms with van der Waals surface area (Å²) in [6.07, 6.45) is 2.49. The molecule has 2 aliphatic rings. The van der Waals surface area contributed by atoms with Crippen LogP contribution in [0, 0.1) is 11.7 Å². The van der Waals surface area contributed by atoms with E-state index in [4.69, 9.17) is 0 Å². The van der Waals surface area contributed by atoms with Gasteiger partial charge in [-0.3, -0.25) is 14.5 Å². The first-order valence-corrected chi connectivity index (χ1v) is 12.7. The molecule has 0 aliphatic carbocycles. The van der Waals surface area contributed by atoms with Gasteiger partial charge in [0.25, 0.3) is 5.91 Å². The largest absolute Gasteiger partial charge is 0.354 e. The van der Waals surface area contributed by atoms with E-state index in [1.54, 1.807) is 4.90 Å². The van der Waals surface area contributed by atoms with Gasteiger partial charge >= 0.3 is 0 Å². The number of nitrogens with zero attached hydrogens (tertiary/aromatic N) is 2. The highest BCUT2D eigenvalue weighted by Gasteiger charge is 2.36. The molecular formula is C30H32FN3O2. The smallest absolute Gasteiger partial charge is 0.255 e. The summed E-state index contributed by atoms with van der Waals surface area (Å²) in [4.78, 5) is 30.7. The van der Waals surface area contributed by atoms with Crippen molar-refractivity contribution in [2.24, 2.45) is 5.92 Å². The van der Waals surface area contributed by atoms with Crippen LogP contribution in [0.15, 0.2) is 78.9 Å². The number of likely N-dealkylation sites (tertiary alicyclic amines) is 1. The second-order valence-corrected chi connectivity index (χ2v) is 9.89. The number of hydrogen-bond donors (Lipinski definition) is 1. The SMILES string of the molecule is O=C(NCC1CCN(Cc2ccc(F)cc2)CC1)[C@@H](Cc1ccccc1)N1Cc2ccccc2C1=O. The molecule has 0 spiro atoms. The van der Waals surface area contributed by atoms with Crippen molar-refractivity contribution < 1.29 is 14.0 Å². The predicted molar refractivity (Wildman–Crippen MR) is 138 cm³/mol. The van der Waals surface area contributed by atoms with Crippen molar-refractivity contribution in [1.82, 2.24) is 15.1 Å². The Kier molecular flexibility index (Phi) is 7.42. The molecule has 2 amide bonds. The lowest BCUT2D eigenvalue weighted by Crippen LogP contribution is -2.49. The van der Waals surface area contributed by atoms with E-state index < -0.39 is 6.04 Å². The summed E-state index contributed by atoms with van der Waals surface area (Å²) < 4.78 is 13.2. The average molecular weight is 486 g/mol. The molecule has 0 saturated carbocycles. The maximum Gasteiger partial charge on any atom is 0.255 e. The molecule has 6 heteroatoms. The maximum absolute atomic E-state index is 13.5. The summed E-state index contributed by atoms with van der Waals surface area (Å²) in [5.74, 6) is 0.0325. The number of carbonyl (C=O) groups excluding carboxylic acids is 2. The number of fused-ring (bicyclic) bond motifs is 1. The number of halogens is 1. The normalized spacial score (nSPS) is 17.1. The van der Waals surface area contributed by atoms with E-state index in [2.05, 4.69) is 10.2 Å². The second-order valence-electron chi connectivity index (χ2n) is 9.89. The van der Waals surface area contributed by atoms with Crippen molar-refractivity contribution >= 4 is 11.8 Å². The quantitative estimate of drug-likeness (QED) is 0.514. The molecule has 2 heterocycles. The first-order valence-electron chi connectivity index (χ1n) is 12.7. The van der Waals surface area contributed by atoms with Crippen LogP contribution in [-0.2, 0) is 24.3 Å². The van der Waals surface area contributed by atoms with E-state index in [9.17, 15) is 14.0 Å². The Balaban J connectivity index is 1.18. The second kappa shape index (κ2) is 11.0. The number of hydrogen-bond acceptors (Lipinski definition) is 3. The summed E-state index contributed by atoms with van der Waals surface area (Å²) in [6, 6.07) is 23.6. The van der Waals surface area contributed by atoms with Crippen LogP contribution in [0.4, 0.5) is 4.39 Å². The van der Waals surface area contributed by atoms with E-state index in [-0.39, 0.29) is 17.6 Å². The fourth-order valence-electron chi connectivity index (χ4n) is 5.27. The zero-order valence-corrected chi connectivity index (χ0v) is 20.4. The van der Waals surface area contributed by atoms with Gasteiger partial charge in [-0.15, -0.1) is 0 Å². The number of carbonyl (C=O) groups is 2. The van der Waals surface area contributed by atoms with E-state index in [1.165, 1.54) is 12.1 Å². The molecule has 0 bridgehead atoms. The molecule has 1 fully saturated rings. The molecule has 5 rings (SSSR count). The zero-order valence-electron chi connectivity index (χ0n) is 20.4. The first-order chi connectivity index (χ1) is 17.6. The fourth-order valence-corrected chi connectivity index (χ4v) is 5.27. The van der Waals surface area contributed by atoms with Gasteiger partial charge in [-0.25, -0.2) is 4.39 Å². The van der Waals surface area contributed by atoms with Crippen LogP contribution < -0.4 is 5.32 Å². The van der Waals surface area contributed by atoms with Crippen molar-refractivity contribution in [1.29, 1.82) is 0 Å². The molecule has 2 aliphatic heterocycles. The molecule has 3 aromatic carbocycles. The molecule has 0 aromatic heterocycles. The maximum atomic E-state index is 13.5. The lowest BCUT2D eigenvalue weighted by molar-refractivity contribution is -0.126. The summed E-state index contributed by atoms with van der Waals surface area (Å²) in [5, 5.41) is 3.17. The van der Waals surface area contributed by atoms with Crippen molar-refractivity contribution in [3.63, 3.8) is 0 Å². The highest BCUT2D eigenvalue weighted by atomic mass is 19.1. The van der Waals surface area contributed by atoms with Crippen LogP contribution in [0.25, 0.3) is 0 Å². The van der Waals surface area contributed by atoms with Gasteiger partial charge in [0, 0.05) is 31.6 Å². The van der Waals surface area contributed by atoms with Crippen molar-refractivity contribution in [2.75, 3.05) is 19.6 Å². The summed E-state index contributed by atoms with van der Waals surface area (Å²) in [6.45, 7) is 3.79. The number of piperidine rings is 1. The summed E-state index contributed by atoms with van der Waals surface area (Å²) >= 11 is 0. The average Bonchev–Trinajstić information content (AvgIpc) is 3.24. The van der Waals surface area contributed by atoms with E-state index in [1.807, 2.05) is 66.7 Å². The number of nitrogens with one attached hydrogen (secondary N) is 1. The van der Waals surface area contributed by atoms with Crippen molar-refractivity contribution in [2.45, 2.75) is 38.4 Å². The molecule has 1 N–H and O–H groups in total. The third-order valence-corrected chi connectivity index (χ3v) is 7.39. The topological polar surface area (TPSA) is 52.7 Å². The van der Waals surface area contributed by atoms with Gasteiger partial charge in [0.15, 0.2) is 0 Å². The minimum Gasteiger partial charge on any atom is -0.354 e. The minimum atomic E-state index is -0.550. The third-order valence-electron chi connectivity index (χ3n) is 7.39. The molecule has 3 aromatic rings. The van der Waals surface area contributed by atoms with Crippen LogP contribution in [0.1, 0.15) is 39.9 Å². The van der Waals surface area contributed by atoms with Gasteiger partial charge in [-0.2, -0.15) is 0 Å². The van der Waals surface area contributed by atoms with Crippen LogP contribution in [0.5, 0.6) is 0 Å². The predicted octanol–water partition coefficient (Wildman–Crippen LogP) is 4.42. The summed E-state index contributed by atoms with van der Waals surface area (Å²) in [7, 11) is 0. The molecule has 5 nitrogen and oxygen atoms in total. The highest BCUT2D eigenvalue weighted by molar-refractivity contribution is 6.01. The molecule has 1 atom stereocenters. The number of amides is 2. The van der Waals surface area contributed by atoms with Crippen molar-refractivity contribution in [3.8, 4) is 0 Å². The molecule has 0 unspecified atom stereocenters. The Hall–Kier alpha value is -3.51. The van der Waals surface area contributed by atoms with Crippen LogP contribution in [0.2, 0.25) is 0 Å². The Morgan fingerprint density at radius 2 is 1.61 bits per heavy atom. The Bertz CT molecular complexity index is 1190. The molecular weight excluding hydrogens is 453 g/mol. The minimum absolute atomic E-state index is 0.0733. The van der Waals surface area contributed by atoms with E-state index in [0.29, 0.717) is 31.0 Å². The fraction of sp³-hybridized carbons (Fsp3) is 0.333. The van der Waals surface area contributed by atoms with Crippen LogP contribution in [-0.4, -0.2) is 47.3 Å². The molecule has 36 heavy (non-hydrogen) atoms. The van der Waals surface area contributed by atoms with E-state index >= 15 is 0 Å². The Morgan fingerprint density at radius 3 is 2.33 bits per heavy atom. The molecule has 186 valence electrons. The number of benzene rings is 3. The van der Waals surface area contributed by atoms with Crippen LogP contribution >= 0.6 is 0 Å². The Labute approximate surface area is 211 Å². The standard InChI is InChI=1S/C30H32FN3O2/c31-26-12-10-24(11-13-26)20-33-16-14-23(15-17-33)19-32-29(35)28(18-22-6-2-1-3-7-22)34-21-25-8-4-5-9-27(25)30(34)36/h1-13,23,28H,14-21H2,(H,32,35)/t28-/m1/s1. The lowest BCUT2D eigenvalue weighted by Gasteiger charge is -2.33. The van der Waals surface area contributed by atoms with Gasteiger partial charge in [0.2, 0.25) is 5.91 Å². The zero-order chi connectivity index (χ0) is 24.9. The monoisotopic (exact) mass is 485 g/mol. The van der Waals surface area contributed by atoms with Gasteiger partial charge in [0.05, 0.1) is 0 Å². The van der Waals surface area contributed by atoms with E-state index in [0.717, 1.165) is 49.2 Å². The highest BCUT2D eigenvalue weighted by Crippen LogP contribution is 2.26. The van der Waals surface area contributed by atoms with Gasteiger partial charge in [-0.1, -0.05) is 60.7 Å². The summed E-state index contributed by atoms with van der Waals surface area (Å²) in [5.41, 5.74) is 3.82. The third kappa shape index (κ3) is 5.65. The first kappa shape index (κ1) is 24.2. The van der Waals surface area contributed by atoms with Gasteiger partial charge < -0.3 is 10.2 Å². The lowest BCUT2D eigenvalue weighted by atomic mass is 9.96. The Morgan fingerprint density at radius 1 is 0.917 bits per heavy atom. The number of rotatable bonds is 8. The molecule has 1 saturated heterocycles. The van der Waals surface area contributed by atoms with Gasteiger partial charge in [0.1, 0.15) is 11.9 Å². The molecule has 0 radical (unpaired) electrons. The van der Waals surface area contributed by atoms with Crippen LogP contribution in [0.3, 0.4) is 0 Å².